The molecule has 1 fully saturated rings. The van der Waals surface area contributed by atoms with Gasteiger partial charge in [0, 0.05) is 44.8 Å². The Labute approximate surface area is 202 Å². The highest BCUT2D eigenvalue weighted by atomic mass is 127. The number of guanidine groups is 1. The van der Waals surface area contributed by atoms with Crippen molar-refractivity contribution in [3.8, 4) is 5.75 Å². The molecular formula is C22H27F4IN4O. The first kappa shape index (κ1) is 26.2. The van der Waals surface area contributed by atoms with Crippen molar-refractivity contribution >= 4 is 29.9 Å². The predicted octanol–water partition coefficient (Wildman–Crippen LogP) is 4.51. The Bertz CT molecular complexity index is 875. The molecular weight excluding hydrogens is 539 g/mol. The third-order valence-electron chi connectivity index (χ3n) is 5.20. The summed E-state index contributed by atoms with van der Waals surface area (Å²) in [4.78, 5) is 6.45. The van der Waals surface area contributed by atoms with Crippen molar-refractivity contribution in [3.05, 3.63) is 65.2 Å². The maximum Gasteiger partial charge on any atom is 0.387 e. The maximum atomic E-state index is 14.1. The monoisotopic (exact) mass is 566 g/mol. The van der Waals surface area contributed by atoms with E-state index in [1.165, 1.54) is 30.3 Å². The number of piperidine rings is 1. The smallest absolute Gasteiger partial charge is 0.387 e. The van der Waals surface area contributed by atoms with E-state index in [0.717, 1.165) is 38.0 Å². The zero-order valence-electron chi connectivity index (χ0n) is 17.7. The lowest BCUT2D eigenvalue weighted by molar-refractivity contribution is -0.0506. The van der Waals surface area contributed by atoms with Gasteiger partial charge in [-0.1, -0.05) is 18.2 Å². The van der Waals surface area contributed by atoms with Gasteiger partial charge in [-0.25, -0.2) is 8.78 Å². The molecule has 1 saturated heterocycles. The van der Waals surface area contributed by atoms with Gasteiger partial charge < -0.3 is 15.4 Å². The molecule has 0 unspecified atom stereocenters. The van der Waals surface area contributed by atoms with Gasteiger partial charge in [-0.3, -0.25) is 9.89 Å². The van der Waals surface area contributed by atoms with Crippen molar-refractivity contribution in [2.45, 2.75) is 38.6 Å². The lowest BCUT2D eigenvalue weighted by Gasteiger charge is -2.33. The van der Waals surface area contributed by atoms with E-state index >= 15 is 0 Å². The van der Waals surface area contributed by atoms with Crippen molar-refractivity contribution in [3.63, 3.8) is 0 Å². The summed E-state index contributed by atoms with van der Waals surface area (Å²) < 4.78 is 56.7. The quantitative estimate of drug-likeness (QED) is 0.224. The predicted molar refractivity (Wildman–Crippen MR) is 126 cm³/mol. The normalized spacial score (nSPS) is 15.4. The van der Waals surface area contributed by atoms with Crippen LogP contribution in [-0.4, -0.2) is 43.6 Å². The van der Waals surface area contributed by atoms with Gasteiger partial charge in [0.1, 0.15) is 17.4 Å². The number of nitrogens with one attached hydrogen (secondary N) is 2. The third-order valence-corrected chi connectivity index (χ3v) is 5.20. The summed E-state index contributed by atoms with van der Waals surface area (Å²) in [5, 5.41) is 6.27. The summed E-state index contributed by atoms with van der Waals surface area (Å²) in [6, 6.07) is 10.5. The van der Waals surface area contributed by atoms with Gasteiger partial charge in [0.2, 0.25) is 0 Å². The SMILES string of the molecule is CN=C(NCc1c(F)cccc1OC(F)F)NC1CCN(Cc2ccc(F)cc2)CC1.I. The Morgan fingerprint density at radius 1 is 1.12 bits per heavy atom. The fourth-order valence-electron chi connectivity index (χ4n) is 3.56. The molecule has 1 aliphatic rings. The molecule has 3 rings (SSSR count). The van der Waals surface area contributed by atoms with Gasteiger partial charge in [0.25, 0.3) is 0 Å². The lowest BCUT2D eigenvalue weighted by Crippen LogP contribution is -2.48. The number of nitrogens with zero attached hydrogens (tertiary/aromatic N) is 2. The van der Waals surface area contributed by atoms with E-state index in [1.54, 1.807) is 19.2 Å². The summed E-state index contributed by atoms with van der Waals surface area (Å²) in [6.07, 6.45) is 1.75. The van der Waals surface area contributed by atoms with Gasteiger partial charge in [-0.05, 0) is 42.7 Å². The first-order valence-electron chi connectivity index (χ1n) is 10.1. The third kappa shape index (κ3) is 7.80. The van der Waals surface area contributed by atoms with Crippen molar-refractivity contribution in [2.24, 2.45) is 4.99 Å². The fourth-order valence-corrected chi connectivity index (χ4v) is 3.56. The first-order chi connectivity index (χ1) is 14.9. The van der Waals surface area contributed by atoms with Crippen LogP contribution in [0, 0.1) is 11.6 Å². The second-order valence-electron chi connectivity index (χ2n) is 7.34. The molecule has 0 spiro atoms. The average molecular weight is 566 g/mol. The van der Waals surface area contributed by atoms with E-state index < -0.39 is 12.4 Å². The van der Waals surface area contributed by atoms with Crippen LogP contribution in [-0.2, 0) is 13.1 Å². The summed E-state index contributed by atoms with van der Waals surface area (Å²) in [7, 11) is 1.59. The lowest BCUT2D eigenvalue weighted by atomic mass is 10.0. The Balaban J connectivity index is 0.00000363. The van der Waals surface area contributed by atoms with Crippen LogP contribution in [0.2, 0.25) is 0 Å². The standard InChI is InChI=1S/C22H26F4N4O.HI/c1-27-22(28-13-18-19(24)3-2-4-20(18)31-21(25)26)29-17-9-11-30(12-10-17)14-15-5-7-16(23)8-6-15;/h2-8,17,21H,9-14H2,1H3,(H2,27,28,29);1H. The van der Waals surface area contributed by atoms with Crippen LogP contribution in [0.4, 0.5) is 17.6 Å². The Hall–Kier alpha value is -2.08. The minimum Gasteiger partial charge on any atom is -0.434 e. The number of hydrogen-bond acceptors (Lipinski definition) is 3. The molecule has 0 radical (unpaired) electrons. The molecule has 0 atom stereocenters. The summed E-state index contributed by atoms with van der Waals surface area (Å²) in [5.74, 6) is -0.612. The molecule has 0 aliphatic carbocycles. The second-order valence-corrected chi connectivity index (χ2v) is 7.34. The molecule has 32 heavy (non-hydrogen) atoms. The van der Waals surface area contributed by atoms with Gasteiger partial charge in [0.15, 0.2) is 5.96 Å². The van der Waals surface area contributed by atoms with Crippen molar-refractivity contribution in [1.29, 1.82) is 0 Å². The van der Waals surface area contributed by atoms with E-state index in [4.69, 9.17) is 0 Å². The minimum absolute atomic E-state index is 0. The molecule has 176 valence electrons. The number of rotatable bonds is 7. The van der Waals surface area contributed by atoms with Crippen LogP contribution in [0.5, 0.6) is 5.75 Å². The minimum atomic E-state index is -3.03. The van der Waals surface area contributed by atoms with Crippen molar-refractivity contribution in [2.75, 3.05) is 20.1 Å². The van der Waals surface area contributed by atoms with E-state index in [1.807, 2.05) is 0 Å². The zero-order valence-corrected chi connectivity index (χ0v) is 20.0. The fraction of sp³-hybridized carbons (Fsp3) is 0.409. The van der Waals surface area contributed by atoms with Crippen LogP contribution in [0.25, 0.3) is 0 Å². The van der Waals surface area contributed by atoms with Crippen molar-refractivity contribution < 1.29 is 22.3 Å². The second kappa shape index (κ2) is 12.8. The molecule has 1 aliphatic heterocycles. The van der Waals surface area contributed by atoms with E-state index in [9.17, 15) is 17.6 Å². The van der Waals surface area contributed by atoms with E-state index in [2.05, 4.69) is 25.3 Å². The van der Waals surface area contributed by atoms with Gasteiger partial charge >= 0.3 is 6.61 Å². The van der Waals surface area contributed by atoms with Crippen LogP contribution in [0.15, 0.2) is 47.5 Å². The topological polar surface area (TPSA) is 48.9 Å². The number of hydrogen-bond donors (Lipinski definition) is 2. The van der Waals surface area contributed by atoms with Crippen LogP contribution >= 0.6 is 24.0 Å². The molecule has 0 amide bonds. The molecule has 10 heteroatoms. The Kier molecular flexibility index (Phi) is 10.5. The number of aliphatic imine (C=N–C) groups is 1. The van der Waals surface area contributed by atoms with Gasteiger partial charge in [-0.15, -0.1) is 24.0 Å². The molecule has 2 aromatic carbocycles. The molecule has 0 aromatic heterocycles. The molecule has 2 aromatic rings. The van der Waals surface area contributed by atoms with Gasteiger partial charge in [-0.2, -0.15) is 8.78 Å². The highest BCUT2D eigenvalue weighted by Gasteiger charge is 2.21. The first-order valence-corrected chi connectivity index (χ1v) is 10.1. The summed E-state index contributed by atoms with van der Waals surface area (Å²) in [5.41, 5.74) is 1.08. The molecule has 1 heterocycles. The highest BCUT2D eigenvalue weighted by Crippen LogP contribution is 2.23. The maximum absolute atomic E-state index is 14.1. The van der Waals surface area contributed by atoms with E-state index in [0.29, 0.717) is 5.96 Å². The number of ether oxygens (including phenoxy) is 1. The number of alkyl halides is 2. The molecule has 2 N–H and O–H groups in total. The number of likely N-dealkylation sites (tertiary alicyclic amines) is 1. The number of benzene rings is 2. The number of halogens is 5. The zero-order chi connectivity index (χ0) is 22.2. The summed E-state index contributed by atoms with van der Waals surface area (Å²) in [6.45, 7) is -0.576. The Morgan fingerprint density at radius 3 is 2.44 bits per heavy atom. The largest absolute Gasteiger partial charge is 0.434 e. The van der Waals surface area contributed by atoms with E-state index in [-0.39, 0.29) is 53.7 Å². The van der Waals surface area contributed by atoms with Gasteiger partial charge in [0.05, 0.1) is 0 Å². The Morgan fingerprint density at radius 2 is 1.81 bits per heavy atom. The molecule has 0 bridgehead atoms. The van der Waals surface area contributed by atoms with Crippen LogP contribution in [0.3, 0.4) is 0 Å². The van der Waals surface area contributed by atoms with Crippen LogP contribution < -0.4 is 15.4 Å². The van der Waals surface area contributed by atoms with Crippen molar-refractivity contribution in [1.82, 2.24) is 15.5 Å². The summed E-state index contributed by atoms with van der Waals surface area (Å²) >= 11 is 0. The van der Waals surface area contributed by atoms with Crippen LogP contribution in [0.1, 0.15) is 24.0 Å². The molecule has 0 saturated carbocycles. The molecule has 5 nitrogen and oxygen atoms in total. The highest BCUT2D eigenvalue weighted by molar-refractivity contribution is 14.0. The average Bonchev–Trinajstić information content (AvgIpc) is 2.75.